The average Bonchev–Trinajstić information content (AvgIpc) is 3.33. The minimum atomic E-state index is -0.272. The maximum atomic E-state index is 11.7. The van der Waals surface area contributed by atoms with Gasteiger partial charge in [0, 0.05) is 21.7 Å². The highest BCUT2D eigenvalue weighted by atomic mass is 35.5. The van der Waals surface area contributed by atoms with E-state index in [-0.39, 0.29) is 30.5 Å². The van der Waals surface area contributed by atoms with Crippen LogP contribution in [0.3, 0.4) is 0 Å². The Labute approximate surface area is 188 Å². The summed E-state index contributed by atoms with van der Waals surface area (Å²) in [6.45, 7) is 2.32. The first-order chi connectivity index (χ1) is 15.0. The zero-order valence-corrected chi connectivity index (χ0v) is 18.3. The Bertz CT molecular complexity index is 1150. The van der Waals surface area contributed by atoms with Crippen molar-refractivity contribution in [3.8, 4) is 11.3 Å². The van der Waals surface area contributed by atoms with Gasteiger partial charge in [-0.3, -0.25) is 10.2 Å². The molecule has 1 aromatic heterocycles. The SMILES string of the molecule is CCOC(=O)Cc1ccc(N2CC(O)=C(c3nc(-c4ccc(Cl)cc4)cs3)C2=N)cc1. The van der Waals surface area contributed by atoms with E-state index < -0.39 is 0 Å². The molecule has 1 aliphatic heterocycles. The largest absolute Gasteiger partial charge is 0.510 e. The van der Waals surface area contributed by atoms with Crippen molar-refractivity contribution in [1.29, 1.82) is 5.41 Å². The minimum Gasteiger partial charge on any atom is -0.510 e. The molecule has 0 radical (unpaired) electrons. The van der Waals surface area contributed by atoms with E-state index in [1.807, 2.05) is 41.8 Å². The van der Waals surface area contributed by atoms with Crippen LogP contribution in [0.15, 0.2) is 59.7 Å². The Morgan fingerprint density at radius 2 is 1.94 bits per heavy atom. The zero-order valence-electron chi connectivity index (χ0n) is 16.8. The van der Waals surface area contributed by atoms with Crippen molar-refractivity contribution in [2.24, 2.45) is 0 Å². The highest BCUT2D eigenvalue weighted by molar-refractivity contribution is 7.11. The number of benzene rings is 2. The van der Waals surface area contributed by atoms with Crippen LogP contribution in [0.2, 0.25) is 5.02 Å². The molecule has 0 unspecified atom stereocenters. The third kappa shape index (κ3) is 4.47. The Morgan fingerprint density at radius 1 is 1.23 bits per heavy atom. The number of aliphatic hydroxyl groups excluding tert-OH is 1. The number of esters is 1. The maximum Gasteiger partial charge on any atom is 0.310 e. The molecular formula is C23H20ClN3O3S. The number of rotatable bonds is 6. The fourth-order valence-electron chi connectivity index (χ4n) is 3.34. The molecule has 3 aromatic rings. The quantitative estimate of drug-likeness (QED) is 0.492. The Morgan fingerprint density at radius 3 is 2.61 bits per heavy atom. The van der Waals surface area contributed by atoms with E-state index in [0.717, 1.165) is 22.5 Å². The van der Waals surface area contributed by atoms with Gasteiger partial charge in [-0.25, -0.2) is 4.98 Å². The van der Waals surface area contributed by atoms with Gasteiger partial charge >= 0.3 is 5.97 Å². The van der Waals surface area contributed by atoms with Crippen molar-refractivity contribution < 1.29 is 14.6 Å². The second-order valence-electron chi connectivity index (χ2n) is 6.95. The fourth-order valence-corrected chi connectivity index (χ4v) is 4.36. The normalized spacial score (nSPS) is 13.7. The molecule has 2 heterocycles. The van der Waals surface area contributed by atoms with Gasteiger partial charge in [0.15, 0.2) is 0 Å². The third-order valence-corrected chi connectivity index (χ3v) is 5.97. The van der Waals surface area contributed by atoms with Crippen LogP contribution in [-0.2, 0) is 16.0 Å². The molecule has 1 aliphatic rings. The smallest absolute Gasteiger partial charge is 0.310 e. The number of thiazole rings is 1. The van der Waals surface area contributed by atoms with Crippen molar-refractivity contribution in [2.45, 2.75) is 13.3 Å². The van der Waals surface area contributed by atoms with E-state index in [2.05, 4.69) is 4.98 Å². The number of hydrogen-bond acceptors (Lipinski definition) is 6. The third-order valence-electron chi connectivity index (χ3n) is 4.86. The summed E-state index contributed by atoms with van der Waals surface area (Å²) >= 11 is 7.34. The van der Waals surface area contributed by atoms with Gasteiger partial charge < -0.3 is 14.7 Å². The second kappa shape index (κ2) is 8.91. The molecule has 2 aromatic carbocycles. The number of anilines is 1. The van der Waals surface area contributed by atoms with Gasteiger partial charge in [-0.15, -0.1) is 11.3 Å². The van der Waals surface area contributed by atoms with Crippen LogP contribution in [0.1, 0.15) is 17.5 Å². The number of aromatic nitrogens is 1. The van der Waals surface area contributed by atoms with Crippen molar-refractivity contribution in [1.82, 2.24) is 4.98 Å². The number of ether oxygens (including phenoxy) is 1. The Kier molecular flexibility index (Phi) is 6.06. The highest BCUT2D eigenvalue weighted by Gasteiger charge is 2.31. The van der Waals surface area contributed by atoms with Crippen LogP contribution in [0.4, 0.5) is 5.69 Å². The Balaban J connectivity index is 1.51. The lowest BCUT2D eigenvalue weighted by molar-refractivity contribution is -0.142. The first-order valence-corrected chi connectivity index (χ1v) is 11.0. The molecule has 0 aliphatic carbocycles. The summed E-state index contributed by atoms with van der Waals surface area (Å²) in [4.78, 5) is 18.0. The maximum absolute atomic E-state index is 11.7. The molecule has 0 saturated heterocycles. The van der Waals surface area contributed by atoms with E-state index >= 15 is 0 Å². The van der Waals surface area contributed by atoms with Crippen molar-refractivity contribution >= 4 is 46.0 Å². The lowest BCUT2D eigenvalue weighted by Gasteiger charge is -2.19. The van der Waals surface area contributed by atoms with Gasteiger partial charge in [-0.2, -0.15) is 0 Å². The molecular weight excluding hydrogens is 434 g/mol. The van der Waals surface area contributed by atoms with Crippen molar-refractivity contribution in [3.05, 3.63) is 75.3 Å². The Hall–Kier alpha value is -3.16. The van der Waals surface area contributed by atoms with Gasteiger partial charge in [-0.05, 0) is 36.8 Å². The number of carbonyl (C=O) groups is 1. The number of amidine groups is 1. The second-order valence-corrected chi connectivity index (χ2v) is 8.24. The molecule has 8 heteroatoms. The molecule has 0 amide bonds. The molecule has 0 fully saturated rings. The molecule has 0 spiro atoms. The van der Waals surface area contributed by atoms with E-state index in [9.17, 15) is 9.90 Å². The van der Waals surface area contributed by atoms with Crippen LogP contribution < -0.4 is 4.90 Å². The predicted molar refractivity (Wildman–Crippen MR) is 124 cm³/mol. The van der Waals surface area contributed by atoms with Crippen LogP contribution in [0.5, 0.6) is 0 Å². The predicted octanol–water partition coefficient (Wildman–Crippen LogP) is 5.34. The molecule has 4 rings (SSSR count). The lowest BCUT2D eigenvalue weighted by Crippen LogP contribution is -2.26. The fraction of sp³-hybridized carbons (Fsp3) is 0.174. The lowest BCUT2D eigenvalue weighted by atomic mass is 10.1. The van der Waals surface area contributed by atoms with Crippen LogP contribution in [0, 0.1) is 5.41 Å². The van der Waals surface area contributed by atoms with Gasteiger partial charge in [0.1, 0.15) is 16.6 Å². The summed E-state index contributed by atoms with van der Waals surface area (Å²) in [6, 6.07) is 14.7. The topological polar surface area (TPSA) is 86.5 Å². The van der Waals surface area contributed by atoms with Crippen molar-refractivity contribution in [2.75, 3.05) is 18.1 Å². The number of hydrogen-bond donors (Lipinski definition) is 2. The van der Waals surface area contributed by atoms with E-state index in [1.54, 1.807) is 24.0 Å². The van der Waals surface area contributed by atoms with Crippen LogP contribution in [0.25, 0.3) is 16.8 Å². The number of nitrogens with one attached hydrogen (secondary N) is 1. The zero-order chi connectivity index (χ0) is 22.0. The van der Waals surface area contributed by atoms with E-state index in [0.29, 0.717) is 22.2 Å². The number of carbonyl (C=O) groups excluding carboxylic acids is 1. The van der Waals surface area contributed by atoms with Crippen LogP contribution >= 0.6 is 22.9 Å². The molecule has 2 N–H and O–H groups in total. The number of nitrogens with zero attached hydrogens (tertiary/aromatic N) is 2. The van der Waals surface area contributed by atoms with Gasteiger partial charge in [0.05, 0.1) is 30.8 Å². The molecule has 0 atom stereocenters. The number of aliphatic hydroxyl groups is 1. The molecule has 31 heavy (non-hydrogen) atoms. The first-order valence-electron chi connectivity index (χ1n) is 9.71. The van der Waals surface area contributed by atoms with Gasteiger partial charge in [0.25, 0.3) is 0 Å². The monoisotopic (exact) mass is 453 g/mol. The van der Waals surface area contributed by atoms with Crippen LogP contribution in [-0.4, -0.2) is 35.0 Å². The summed E-state index contributed by atoms with van der Waals surface area (Å²) in [5.74, 6) is 0.0243. The molecule has 6 nitrogen and oxygen atoms in total. The summed E-state index contributed by atoms with van der Waals surface area (Å²) in [7, 11) is 0. The molecule has 158 valence electrons. The summed E-state index contributed by atoms with van der Waals surface area (Å²) < 4.78 is 4.97. The number of halogens is 1. The summed E-state index contributed by atoms with van der Waals surface area (Å²) in [5.41, 5.74) is 3.71. The first kappa shape index (κ1) is 21.1. The van der Waals surface area contributed by atoms with Crippen molar-refractivity contribution in [3.63, 3.8) is 0 Å². The highest BCUT2D eigenvalue weighted by Crippen LogP contribution is 2.34. The standard InChI is InChI=1S/C23H20ClN3O3S/c1-2-30-20(29)11-14-3-9-17(10-4-14)27-12-19(28)21(22(27)25)23-26-18(13-31-23)15-5-7-16(24)8-6-15/h3-10,13,25,28H,2,11-12H2,1H3. The summed E-state index contributed by atoms with van der Waals surface area (Å²) in [6.07, 6.45) is 0.201. The van der Waals surface area contributed by atoms with E-state index in [4.69, 9.17) is 21.7 Å². The summed E-state index contributed by atoms with van der Waals surface area (Å²) in [5, 5.41) is 22.3. The minimum absolute atomic E-state index is 0.109. The van der Waals surface area contributed by atoms with Gasteiger partial charge in [-0.1, -0.05) is 35.9 Å². The van der Waals surface area contributed by atoms with E-state index in [1.165, 1.54) is 11.3 Å². The molecule has 0 saturated carbocycles. The molecule has 0 bridgehead atoms. The average molecular weight is 454 g/mol. The van der Waals surface area contributed by atoms with Gasteiger partial charge in [0.2, 0.25) is 0 Å².